The predicted molar refractivity (Wildman–Crippen MR) is 79.1 cm³/mol. The van der Waals surface area contributed by atoms with Gasteiger partial charge in [0.1, 0.15) is 11.5 Å². The highest BCUT2D eigenvalue weighted by molar-refractivity contribution is 5.92. The van der Waals surface area contributed by atoms with Crippen LogP contribution in [0.4, 0.5) is 16.0 Å². The van der Waals surface area contributed by atoms with E-state index in [2.05, 4.69) is 20.6 Å². The number of hydrogen-bond donors (Lipinski definition) is 2. The molecule has 0 bridgehead atoms. The summed E-state index contributed by atoms with van der Waals surface area (Å²) in [5.74, 6) is -0.268. The molecule has 0 aliphatic carbocycles. The Bertz CT molecular complexity index is 641. The molecule has 0 atom stereocenters. The molecule has 1 amide bonds. The third-order valence-electron chi connectivity index (χ3n) is 2.61. The molecule has 0 spiro atoms. The zero-order valence-electron chi connectivity index (χ0n) is 12.1. The number of benzene rings is 1. The summed E-state index contributed by atoms with van der Waals surface area (Å²) in [5, 5.41) is 5.73. The molecular formula is C15H17FN4O. The van der Waals surface area contributed by atoms with Crippen LogP contribution in [0.1, 0.15) is 30.0 Å². The molecule has 5 nitrogen and oxygen atoms in total. The van der Waals surface area contributed by atoms with Crippen LogP contribution in [-0.4, -0.2) is 21.9 Å². The molecule has 1 heterocycles. The number of carbonyl (C=O) groups is 1. The van der Waals surface area contributed by atoms with Crippen molar-refractivity contribution in [3.63, 3.8) is 0 Å². The normalized spacial score (nSPS) is 10.5. The van der Waals surface area contributed by atoms with Crippen LogP contribution in [0.3, 0.4) is 0 Å². The lowest BCUT2D eigenvalue weighted by Crippen LogP contribution is -2.31. The minimum atomic E-state index is -0.317. The molecule has 0 aliphatic heterocycles. The van der Waals surface area contributed by atoms with E-state index in [9.17, 15) is 9.18 Å². The fraction of sp³-hybridized carbons (Fsp3) is 0.267. The van der Waals surface area contributed by atoms with E-state index in [-0.39, 0.29) is 17.8 Å². The van der Waals surface area contributed by atoms with Gasteiger partial charge in [0.15, 0.2) is 0 Å². The summed E-state index contributed by atoms with van der Waals surface area (Å²) in [6.45, 7) is 5.54. The van der Waals surface area contributed by atoms with Gasteiger partial charge in [-0.05, 0) is 51.1 Å². The predicted octanol–water partition coefficient (Wildman–Crippen LogP) is 2.81. The number of nitrogens with zero attached hydrogens (tertiary/aromatic N) is 2. The van der Waals surface area contributed by atoms with Crippen molar-refractivity contribution in [2.24, 2.45) is 0 Å². The Labute approximate surface area is 122 Å². The monoisotopic (exact) mass is 288 g/mol. The lowest BCUT2D eigenvalue weighted by atomic mass is 10.3. The first-order chi connectivity index (χ1) is 9.94. The molecule has 1 aromatic carbocycles. The van der Waals surface area contributed by atoms with E-state index < -0.39 is 0 Å². The number of nitrogens with one attached hydrogen (secondary N) is 2. The molecule has 110 valence electrons. The number of amides is 1. The van der Waals surface area contributed by atoms with Crippen LogP contribution in [0.15, 0.2) is 30.3 Å². The van der Waals surface area contributed by atoms with E-state index in [0.29, 0.717) is 23.0 Å². The molecule has 2 rings (SSSR count). The largest absolute Gasteiger partial charge is 0.349 e. The quantitative estimate of drug-likeness (QED) is 0.908. The molecule has 0 fully saturated rings. The lowest BCUT2D eigenvalue weighted by molar-refractivity contribution is 0.0938. The Morgan fingerprint density at radius 1 is 1.19 bits per heavy atom. The molecule has 2 N–H and O–H groups in total. The Morgan fingerprint density at radius 2 is 1.86 bits per heavy atom. The van der Waals surface area contributed by atoms with E-state index in [1.54, 1.807) is 25.1 Å². The minimum absolute atomic E-state index is 0.0290. The third-order valence-corrected chi connectivity index (χ3v) is 2.61. The van der Waals surface area contributed by atoms with Gasteiger partial charge in [-0.3, -0.25) is 4.79 Å². The van der Waals surface area contributed by atoms with Gasteiger partial charge in [-0.2, -0.15) is 0 Å². The fourth-order valence-corrected chi connectivity index (χ4v) is 1.74. The SMILES string of the molecule is Cc1cc(C(=O)NC(C)C)nc(Nc2ccc(F)cc2)n1. The highest BCUT2D eigenvalue weighted by Crippen LogP contribution is 2.14. The van der Waals surface area contributed by atoms with Crippen LogP contribution in [0, 0.1) is 12.7 Å². The van der Waals surface area contributed by atoms with Gasteiger partial charge >= 0.3 is 0 Å². The summed E-state index contributed by atoms with van der Waals surface area (Å²) >= 11 is 0. The van der Waals surface area contributed by atoms with Crippen molar-refractivity contribution in [2.75, 3.05) is 5.32 Å². The van der Waals surface area contributed by atoms with Crippen molar-refractivity contribution in [1.82, 2.24) is 15.3 Å². The van der Waals surface area contributed by atoms with Gasteiger partial charge in [-0.1, -0.05) is 0 Å². The highest BCUT2D eigenvalue weighted by Gasteiger charge is 2.11. The first-order valence-corrected chi connectivity index (χ1v) is 6.63. The zero-order chi connectivity index (χ0) is 15.4. The van der Waals surface area contributed by atoms with Crippen molar-refractivity contribution in [3.05, 3.63) is 47.5 Å². The molecule has 0 saturated carbocycles. The van der Waals surface area contributed by atoms with Gasteiger partial charge in [0.25, 0.3) is 5.91 Å². The average molecular weight is 288 g/mol. The summed E-state index contributed by atoms with van der Waals surface area (Å²) in [6.07, 6.45) is 0. The topological polar surface area (TPSA) is 66.9 Å². The number of aryl methyl sites for hydroxylation is 1. The third kappa shape index (κ3) is 4.24. The summed E-state index contributed by atoms with van der Waals surface area (Å²) in [4.78, 5) is 20.4. The molecule has 1 aromatic heterocycles. The second-order valence-electron chi connectivity index (χ2n) is 4.98. The molecule has 21 heavy (non-hydrogen) atoms. The van der Waals surface area contributed by atoms with Crippen LogP contribution < -0.4 is 10.6 Å². The Balaban J connectivity index is 2.22. The Morgan fingerprint density at radius 3 is 2.48 bits per heavy atom. The van der Waals surface area contributed by atoms with E-state index in [4.69, 9.17) is 0 Å². The maximum Gasteiger partial charge on any atom is 0.270 e. The van der Waals surface area contributed by atoms with Crippen molar-refractivity contribution < 1.29 is 9.18 Å². The molecular weight excluding hydrogens is 271 g/mol. The molecule has 0 saturated heterocycles. The molecule has 2 aromatic rings. The number of rotatable bonds is 4. The van der Waals surface area contributed by atoms with Gasteiger partial charge in [-0.25, -0.2) is 14.4 Å². The van der Waals surface area contributed by atoms with Gasteiger partial charge in [0.05, 0.1) is 0 Å². The maximum atomic E-state index is 12.9. The standard InChI is InChI=1S/C15H17FN4O/c1-9(2)17-14(21)13-8-10(3)18-15(20-13)19-12-6-4-11(16)5-7-12/h4-9H,1-3H3,(H,17,21)(H,18,19,20). The number of anilines is 2. The minimum Gasteiger partial charge on any atom is -0.349 e. The van der Waals surface area contributed by atoms with Crippen LogP contribution in [-0.2, 0) is 0 Å². The Hall–Kier alpha value is -2.50. The molecule has 6 heteroatoms. The fourth-order valence-electron chi connectivity index (χ4n) is 1.74. The van der Waals surface area contributed by atoms with E-state index >= 15 is 0 Å². The van der Waals surface area contributed by atoms with Crippen LogP contribution in [0.5, 0.6) is 0 Å². The number of carbonyl (C=O) groups excluding carboxylic acids is 1. The van der Waals surface area contributed by atoms with Crippen molar-refractivity contribution >= 4 is 17.5 Å². The second-order valence-corrected chi connectivity index (χ2v) is 4.98. The Kier molecular flexibility index (Phi) is 4.47. The van der Waals surface area contributed by atoms with Crippen molar-refractivity contribution in [1.29, 1.82) is 0 Å². The van der Waals surface area contributed by atoms with Crippen LogP contribution in [0.25, 0.3) is 0 Å². The van der Waals surface area contributed by atoms with Gasteiger partial charge < -0.3 is 10.6 Å². The molecule has 0 aliphatic rings. The van der Waals surface area contributed by atoms with E-state index in [0.717, 1.165) is 0 Å². The maximum absolute atomic E-state index is 12.9. The van der Waals surface area contributed by atoms with Crippen molar-refractivity contribution in [2.45, 2.75) is 26.8 Å². The highest BCUT2D eigenvalue weighted by atomic mass is 19.1. The summed E-state index contributed by atoms with van der Waals surface area (Å²) in [6, 6.07) is 7.48. The smallest absolute Gasteiger partial charge is 0.270 e. The second kappa shape index (κ2) is 6.30. The summed E-state index contributed by atoms with van der Waals surface area (Å²) < 4.78 is 12.9. The average Bonchev–Trinajstić information content (AvgIpc) is 2.40. The first-order valence-electron chi connectivity index (χ1n) is 6.63. The first kappa shape index (κ1) is 14.9. The van der Waals surface area contributed by atoms with Gasteiger partial charge in [-0.15, -0.1) is 0 Å². The van der Waals surface area contributed by atoms with E-state index in [1.807, 2.05) is 13.8 Å². The summed E-state index contributed by atoms with van der Waals surface area (Å²) in [7, 11) is 0. The number of hydrogen-bond acceptors (Lipinski definition) is 4. The van der Waals surface area contributed by atoms with Crippen LogP contribution in [0.2, 0.25) is 0 Å². The van der Waals surface area contributed by atoms with E-state index in [1.165, 1.54) is 12.1 Å². The summed E-state index contributed by atoms with van der Waals surface area (Å²) in [5.41, 5.74) is 1.61. The number of aromatic nitrogens is 2. The molecule has 0 unspecified atom stereocenters. The number of halogens is 1. The zero-order valence-corrected chi connectivity index (χ0v) is 12.1. The van der Waals surface area contributed by atoms with Gasteiger partial charge in [0.2, 0.25) is 5.95 Å². The van der Waals surface area contributed by atoms with Crippen molar-refractivity contribution in [3.8, 4) is 0 Å². The van der Waals surface area contributed by atoms with Crippen LogP contribution >= 0.6 is 0 Å². The molecule has 0 radical (unpaired) electrons. The van der Waals surface area contributed by atoms with Gasteiger partial charge in [0, 0.05) is 17.4 Å². The lowest BCUT2D eigenvalue weighted by Gasteiger charge is -2.10.